The SMILES string of the molecule is C[n+]1cccc(NC(=O)c2ccc(NC(=O)c3ccc(C(=O)Nc4ccc(NC(=N)NC(=N)N)cc4)cc3)cc2)c1.I.[I-]. The predicted octanol–water partition coefficient (Wildman–Crippen LogP) is 0.720. The molecule has 9 N–H and O–H groups in total. The minimum atomic E-state index is -0.362. The highest BCUT2D eigenvalue weighted by atomic mass is 127. The van der Waals surface area contributed by atoms with Gasteiger partial charge in [-0.25, -0.2) is 4.57 Å². The van der Waals surface area contributed by atoms with Crippen molar-refractivity contribution in [2.24, 2.45) is 12.8 Å². The maximum absolute atomic E-state index is 12.7. The number of aryl methyl sites for hydroxylation is 1. The Morgan fingerprint density at radius 3 is 1.42 bits per heavy atom. The number of nitrogens with zero attached hydrogens (tertiary/aromatic N) is 1. The van der Waals surface area contributed by atoms with Gasteiger partial charge in [0.1, 0.15) is 12.7 Å². The summed E-state index contributed by atoms with van der Waals surface area (Å²) in [5.74, 6) is -1.50. The summed E-state index contributed by atoms with van der Waals surface area (Å²) < 4.78 is 1.83. The summed E-state index contributed by atoms with van der Waals surface area (Å²) in [5, 5.41) is 28.2. The van der Waals surface area contributed by atoms with E-state index in [1.165, 1.54) is 0 Å². The van der Waals surface area contributed by atoms with Gasteiger partial charge in [-0.05, 0) is 78.9 Å². The molecule has 0 aliphatic rings. The van der Waals surface area contributed by atoms with Crippen molar-refractivity contribution in [1.82, 2.24) is 5.32 Å². The Morgan fingerprint density at radius 1 is 0.628 bits per heavy atom. The lowest BCUT2D eigenvalue weighted by atomic mass is 10.1. The molecule has 0 aliphatic carbocycles. The lowest BCUT2D eigenvalue weighted by Crippen LogP contribution is -3.00. The van der Waals surface area contributed by atoms with E-state index in [0.717, 1.165) is 0 Å². The normalized spacial score (nSPS) is 9.70. The third-order valence-electron chi connectivity index (χ3n) is 5.68. The van der Waals surface area contributed by atoms with Gasteiger partial charge >= 0.3 is 0 Å². The van der Waals surface area contributed by atoms with Crippen LogP contribution in [0.4, 0.5) is 22.7 Å². The molecule has 3 amide bonds. The highest BCUT2D eigenvalue weighted by molar-refractivity contribution is 14.0. The molecular weight excluding hydrogens is 776 g/mol. The number of pyridine rings is 1. The van der Waals surface area contributed by atoms with Gasteiger partial charge in [0, 0.05) is 39.8 Å². The van der Waals surface area contributed by atoms with Crippen LogP contribution in [0.1, 0.15) is 31.1 Å². The number of halogens is 2. The predicted molar refractivity (Wildman–Crippen MR) is 173 cm³/mol. The van der Waals surface area contributed by atoms with Gasteiger partial charge in [0.25, 0.3) is 17.7 Å². The minimum Gasteiger partial charge on any atom is -1.00 e. The molecule has 0 saturated heterocycles. The number of rotatable bonds is 7. The number of amides is 3. The summed E-state index contributed by atoms with van der Waals surface area (Å²) in [4.78, 5) is 37.9. The quantitative estimate of drug-likeness (QED) is 0.0589. The van der Waals surface area contributed by atoms with Gasteiger partial charge in [0.15, 0.2) is 24.3 Å². The average molecular weight is 805 g/mol. The van der Waals surface area contributed by atoms with Crippen LogP contribution >= 0.6 is 24.0 Å². The van der Waals surface area contributed by atoms with Crippen molar-refractivity contribution < 1.29 is 42.9 Å². The van der Waals surface area contributed by atoms with Crippen LogP contribution < -0.4 is 60.9 Å². The summed E-state index contributed by atoms with van der Waals surface area (Å²) in [6.07, 6.45) is 3.66. The summed E-state index contributed by atoms with van der Waals surface area (Å²) in [6.45, 7) is 0. The van der Waals surface area contributed by atoms with Gasteiger partial charge in [-0.15, -0.1) is 24.0 Å². The summed E-state index contributed by atoms with van der Waals surface area (Å²) in [6, 6.07) is 23.0. The Kier molecular flexibility index (Phi) is 13.0. The maximum atomic E-state index is 12.7. The van der Waals surface area contributed by atoms with Crippen molar-refractivity contribution in [2.75, 3.05) is 21.3 Å². The second kappa shape index (κ2) is 16.2. The van der Waals surface area contributed by atoms with Crippen LogP contribution in [-0.2, 0) is 7.05 Å². The van der Waals surface area contributed by atoms with E-state index in [9.17, 15) is 14.4 Å². The van der Waals surface area contributed by atoms with Crippen LogP contribution in [0.3, 0.4) is 0 Å². The molecule has 1 aromatic heterocycles. The molecule has 0 aliphatic heterocycles. The topological polar surface area (TPSA) is 189 Å². The molecule has 0 radical (unpaired) electrons. The van der Waals surface area contributed by atoms with Crippen LogP contribution in [0.2, 0.25) is 0 Å². The number of anilines is 4. The van der Waals surface area contributed by atoms with Crippen molar-refractivity contribution in [2.45, 2.75) is 0 Å². The van der Waals surface area contributed by atoms with Crippen molar-refractivity contribution in [3.05, 3.63) is 114 Å². The Balaban J connectivity index is 0.00000323. The summed E-state index contributed by atoms with van der Waals surface area (Å²) >= 11 is 0. The largest absolute Gasteiger partial charge is 1.00 e. The molecule has 0 unspecified atom stereocenters. The van der Waals surface area contributed by atoms with Crippen LogP contribution in [0, 0.1) is 10.8 Å². The molecular formula is C29H29I2N9O3. The van der Waals surface area contributed by atoms with Crippen LogP contribution in [0.25, 0.3) is 0 Å². The first-order valence-corrected chi connectivity index (χ1v) is 12.3. The van der Waals surface area contributed by atoms with Crippen molar-refractivity contribution in [1.29, 1.82) is 10.8 Å². The third-order valence-corrected chi connectivity index (χ3v) is 5.68. The van der Waals surface area contributed by atoms with E-state index in [0.29, 0.717) is 39.4 Å². The Labute approximate surface area is 281 Å². The fourth-order valence-corrected chi connectivity index (χ4v) is 3.70. The number of hydrogen-bond acceptors (Lipinski definition) is 5. The third kappa shape index (κ3) is 10.3. The van der Waals surface area contributed by atoms with Crippen molar-refractivity contribution >= 4 is 76.4 Å². The highest BCUT2D eigenvalue weighted by Crippen LogP contribution is 2.16. The number of guanidine groups is 2. The Hall–Kier alpha value is -4.58. The summed E-state index contributed by atoms with van der Waals surface area (Å²) in [5.41, 5.74) is 8.63. The smallest absolute Gasteiger partial charge is 0.255 e. The fraction of sp³-hybridized carbons (Fsp3) is 0.0345. The van der Waals surface area contributed by atoms with Gasteiger partial charge in [-0.3, -0.25) is 30.5 Å². The zero-order valence-corrected chi connectivity index (χ0v) is 27.3. The van der Waals surface area contributed by atoms with Crippen LogP contribution in [0.15, 0.2) is 97.3 Å². The average Bonchev–Trinajstić information content (AvgIpc) is 2.94. The molecule has 0 bridgehead atoms. The number of hydrogen-bond donors (Lipinski definition) is 8. The standard InChI is InChI=1S/C29H27N9O3.2HI/c1-38-16-2-3-24(17-38)35-27(41)20-8-10-21(11-9-20)33-25(39)18-4-6-19(7-5-18)26(40)34-22-12-14-23(15-13-22)36-29(32)37-28(30)31;;/h2-17H,1H3,(H8-,30,31,32,33,34,35,36,37,39,40,41);2*1H. The molecule has 1 heterocycles. The minimum absolute atomic E-state index is 0. The van der Waals surface area contributed by atoms with Gasteiger partial charge in [-0.1, -0.05) is 0 Å². The molecule has 3 aromatic carbocycles. The first-order chi connectivity index (χ1) is 19.7. The molecule has 43 heavy (non-hydrogen) atoms. The first kappa shape index (κ1) is 34.6. The van der Waals surface area contributed by atoms with E-state index in [2.05, 4.69) is 26.6 Å². The highest BCUT2D eigenvalue weighted by Gasteiger charge is 2.12. The number of nitrogens with two attached hydrogens (primary N) is 1. The lowest BCUT2D eigenvalue weighted by Gasteiger charge is -2.10. The van der Waals surface area contributed by atoms with E-state index in [4.69, 9.17) is 16.6 Å². The van der Waals surface area contributed by atoms with E-state index in [1.54, 1.807) is 85.1 Å². The number of benzene rings is 3. The number of aromatic nitrogens is 1. The molecule has 0 spiro atoms. The molecule has 0 saturated carbocycles. The Morgan fingerprint density at radius 2 is 1.00 bits per heavy atom. The molecule has 4 rings (SSSR count). The summed E-state index contributed by atoms with van der Waals surface area (Å²) in [7, 11) is 1.86. The van der Waals surface area contributed by atoms with Gasteiger partial charge in [0.2, 0.25) is 0 Å². The van der Waals surface area contributed by atoms with E-state index in [1.807, 2.05) is 23.9 Å². The molecule has 14 heteroatoms. The van der Waals surface area contributed by atoms with Crippen LogP contribution in [-0.4, -0.2) is 29.6 Å². The van der Waals surface area contributed by atoms with E-state index in [-0.39, 0.29) is 77.6 Å². The monoisotopic (exact) mass is 805 g/mol. The molecule has 12 nitrogen and oxygen atoms in total. The fourth-order valence-electron chi connectivity index (χ4n) is 3.70. The van der Waals surface area contributed by atoms with Gasteiger partial charge in [0.05, 0.1) is 0 Å². The lowest BCUT2D eigenvalue weighted by molar-refractivity contribution is -0.670. The van der Waals surface area contributed by atoms with Crippen LogP contribution in [0.5, 0.6) is 0 Å². The second-order valence-electron chi connectivity index (χ2n) is 8.89. The number of nitrogens with one attached hydrogen (secondary N) is 7. The van der Waals surface area contributed by atoms with E-state index >= 15 is 0 Å². The zero-order chi connectivity index (χ0) is 29.4. The van der Waals surface area contributed by atoms with E-state index < -0.39 is 0 Å². The molecule has 0 atom stereocenters. The zero-order valence-electron chi connectivity index (χ0n) is 22.8. The maximum Gasteiger partial charge on any atom is 0.255 e. The van der Waals surface area contributed by atoms with Gasteiger partial charge in [-0.2, -0.15) is 0 Å². The first-order valence-electron chi connectivity index (χ1n) is 12.3. The van der Waals surface area contributed by atoms with Gasteiger partial charge < -0.3 is 51.0 Å². The molecule has 4 aromatic rings. The van der Waals surface area contributed by atoms with Crippen molar-refractivity contribution in [3.63, 3.8) is 0 Å². The molecule has 222 valence electrons. The number of carbonyl (C=O) groups is 3. The number of carbonyl (C=O) groups excluding carboxylic acids is 3. The van der Waals surface area contributed by atoms with Crippen molar-refractivity contribution in [3.8, 4) is 0 Å². The second-order valence-corrected chi connectivity index (χ2v) is 8.89. The molecule has 0 fully saturated rings. The Bertz CT molecular complexity index is 1610.